The van der Waals surface area contributed by atoms with Crippen LogP contribution in [0.15, 0.2) is 29.4 Å². The second kappa shape index (κ2) is 7.43. The highest BCUT2D eigenvalue weighted by molar-refractivity contribution is 7.89. The zero-order valence-corrected chi connectivity index (χ0v) is 13.4. The molecule has 0 aliphatic carbocycles. The largest absolute Gasteiger partial charge is 0.382 e. The lowest BCUT2D eigenvalue weighted by Crippen LogP contribution is -2.25. The second-order valence-electron chi connectivity index (χ2n) is 4.65. The fourth-order valence-corrected chi connectivity index (χ4v) is 3.09. The van der Waals surface area contributed by atoms with Crippen molar-refractivity contribution in [3.63, 3.8) is 0 Å². The fourth-order valence-electron chi connectivity index (χ4n) is 1.93. The number of nitrogens with zero attached hydrogens (tertiary/aromatic N) is 4. The number of hydrogen-bond donors (Lipinski definition) is 1. The van der Waals surface area contributed by atoms with E-state index in [0.29, 0.717) is 26.2 Å². The molecule has 120 valence electrons. The van der Waals surface area contributed by atoms with Crippen molar-refractivity contribution < 1.29 is 13.2 Å². The second-order valence-corrected chi connectivity index (χ2v) is 6.42. The summed E-state index contributed by atoms with van der Waals surface area (Å²) in [6.07, 6.45) is 2.09. The third-order valence-corrected chi connectivity index (χ3v) is 4.49. The molecule has 22 heavy (non-hydrogen) atoms. The van der Waals surface area contributed by atoms with Gasteiger partial charge in [0.15, 0.2) is 0 Å². The highest BCUT2D eigenvalue weighted by Gasteiger charge is 2.15. The van der Waals surface area contributed by atoms with E-state index < -0.39 is 10.0 Å². The summed E-state index contributed by atoms with van der Waals surface area (Å²) in [5, 5.41) is 10.9. The van der Waals surface area contributed by atoms with Crippen molar-refractivity contribution in [3.8, 4) is 5.69 Å². The number of rotatable bonds is 8. The van der Waals surface area contributed by atoms with Crippen molar-refractivity contribution >= 4 is 10.0 Å². The summed E-state index contributed by atoms with van der Waals surface area (Å²) in [6, 6.07) is 4.82. The Morgan fingerprint density at radius 1 is 1.36 bits per heavy atom. The van der Waals surface area contributed by atoms with Gasteiger partial charge in [0.25, 0.3) is 0 Å². The average molecular weight is 325 g/mol. The van der Waals surface area contributed by atoms with E-state index in [0.717, 1.165) is 11.3 Å². The molecule has 0 saturated carbocycles. The molecular formula is C13H19N5O3S. The molecule has 0 atom stereocenters. The smallest absolute Gasteiger partial charge is 0.240 e. The van der Waals surface area contributed by atoms with Gasteiger partial charge in [0, 0.05) is 19.8 Å². The lowest BCUT2D eigenvalue weighted by molar-refractivity contribution is 0.146. The normalized spacial score (nSPS) is 11.7. The van der Waals surface area contributed by atoms with Gasteiger partial charge in [-0.25, -0.2) is 17.8 Å². The van der Waals surface area contributed by atoms with Gasteiger partial charge in [-0.05, 0) is 54.5 Å². The quantitative estimate of drug-likeness (QED) is 0.716. The maximum atomic E-state index is 12.2. The summed E-state index contributed by atoms with van der Waals surface area (Å²) < 4.78 is 33.7. The van der Waals surface area contributed by atoms with Crippen LogP contribution in [0.1, 0.15) is 18.9 Å². The molecule has 0 aliphatic rings. The van der Waals surface area contributed by atoms with Crippen LogP contribution in [0.3, 0.4) is 0 Å². The van der Waals surface area contributed by atoms with Crippen LogP contribution in [0.4, 0.5) is 0 Å². The van der Waals surface area contributed by atoms with E-state index in [1.807, 2.05) is 13.8 Å². The summed E-state index contributed by atoms with van der Waals surface area (Å²) >= 11 is 0. The summed E-state index contributed by atoms with van der Waals surface area (Å²) in [5.41, 5.74) is 1.50. The number of hydrogen-bond acceptors (Lipinski definition) is 6. The Morgan fingerprint density at radius 3 is 2.82 bits per heavy atom. The molecule has 2 aromatic rings. The van der Waals surface area contributed by atoms with Crippen LogP contribution >= 0.6 is 0 Å². The van der Waals surface area contributed by atoms with Crippen molar-refractivity contribution in [2.45, 2.75) is 25.2 Å². The number of tetrazole rings is 1. The lowest BCUT2D eigenvalue weighted by atomic mass is 10.2. The predicted octanol–water partition coefficient (Wildman–Crippen LogP) is 0.676. The van der Waals surface area contributed by atoms with Gasteiger partial charge in [-0.1, -0.05) is 0 Å². The lowest BCUT2D eigenvalue weighted by Gasteiger charge is -2.10. The Labute approximate surface area is 129 Å². The van der Waals surface area contributed by atoms with E-state index in [1.165, 1.54) is 17.1 Å². The highest BCUT2D eigenvalue weighted by atomic mass is 32.2. The number of aryl methyl sites for hydroxylation is 1. The van der Waals surface area contributed by atoms with E-state index in [9.17, 15) is 8.42 Å². The van der Waals surface area contributed by atoms with Crippen LogP contribution in [0.5, 0.6) is 0 Å². The van der Waals surface area contributed by atoms with Crippen LogP contribution < -0.4 is 4.72 Å². The molecule has 1 heterocycles. The summed E-state index contributed by atoms with van der Waals surface area (Å²) in [4.78, 5) is 0.221. The standard InChI is InChI=1S/C13H19N5O3S/c1-3-21-8-4-7-15-22(19,20)12-5-6-13(11(2)9-12)18-10-14-16-17-18/h5-6,9-10,15H,3-4,7-8H2,1-2H3. The van der Waals surface area contributed by atoms with Crippen LogP contribution in [-0.2, 0) is 14.8 Å². The molecule has 0 amide bonds. The summed E-state index contributed by atoms with van der Waals surface area (Å²) in [5.74, 6) is 0. The van der Waals surface area contributed by atoms with Crippen LogP contribution in [0.2, 0.25) is 0 Å². The molecule has 1 aromatic carbocycles. The fraction of sp³-hybridized carbons (Fsp3) is 0.462. The summed E-state index contributed by atoms with van der Waals surface area (Å²) in [6.45, 7) is 5.22. The molecule has 0 fully saturated rings. The molecule has 1 aromatic heterocycles. The third-order valence-electron chi connectivity index (χ3n) is 3.04. The first-order valence-electron chi connectivity index (χ1n) is 6.96. The predicted molar refractivity (Wildman–Crippen MR) is 80.2 cm³/mol. The molecule has 8 nitrogen and oxygen atoms in total. The molecule has 9 heteroatoms. The van der Waals surface area contributed by atoms with Gasteiger partial charge in [-0.2, -0.15) is 0 Å². The SMILES string of the molecule is CCOCCCNS(=O)(=O)c1ccc(-n2cnnn2)c(C)c1. The topological polar surface area (TPSA) is 99.0 Å². The molecule has 2 rings (SSSR count). The average Bonchev–Trinajstić information content (AvgIpc) is 3.01. The maximum absolute atomic E-state index is 12.2. The molecular weight excluding hydrogens is 306 g/mol. The van der Waals surface area contributed by atoms with E-state index in [4.69, 9.17) is 4.74 Å². The van der Waals surface area contributed by atoms with Gasteiger partial charge in [-0.15, -0.1) is 5.10 Å². The highest BCUT2D eigenvalue weighted by Crippen LogP contribution is 2.17. The number of aromatic nitrogens is 4. The van der Waals surface area contributed by atoms with Crippen LogP contribution in [0.25, 0.3) is 5.69 Å². The van der Waals surface area contributed by atoms with Gasteiger partial charge in [0.1, 0.15) is 6.33 Å². The molecule has 0 radical (unpaired) electrons. The van der Waals surface area contributed by atoms with Gasteiger partial charge < -0.3 is 4.74 Å². The zero-order chi connectivity index (χ0) is 16.0. The van der Waals surface area contributed by atoms with E-state index >= 15 is 0 Å². The van der Waals surface area contributed by atoms with Crippen molar-refractivity contribution in [1.82, 2.24) is 24.9 Å². The van der Waals surface area contributed by atoms with Crippen molar-refractivity contribution in [2.24, 2.45) is 0 Å². The number of ether oxygens (including phenoxy) is 1. The van der Waals surface area contributed by atoms with Crippen LogP contribution in [0, 0.1) is 6.92 Å². The third kappa shape index (κ3) is 4.09. The minimum atomic E-state index is -3.52. The Kier molecular flexibility index (Phi) is 5.58. The zero-order valence-electron chi connectivity index (χ0n) is 12.6. The van der Waals surface area contributed by atoms with E-state index in [-0.39, 0.29) is 4.90 Å². The maximum Gasteiger partial charge on any atom is 0.240 e. The van der Waals surface area contributed by atoms with Crippen LogP contribution in [-0.4, -0.2) is 48.4 Å². The first-order valence-corrected chi connectivity index (χ1v) is 8.44. The number of nitrogens with one attached hydrogen (secondary N) is 1. The summed E-state index contributed by atoms with van der Waals surface area (Å²) in [7, 11) is -3.52. The first-order chi connectivity index (χ1) is 10.5. The van der Waals surface area contributed by atoms with E-state index in [1.54, 1.807) is 12.1 Å². The molecule has 0 bridgehead atoms. The Hall–Kier alpha value is -1.84. The Bertz CT molecular complexity index is 700. The van der Waals surface area contributed by atoms with Gasteiger partial charge >= 0.3 is 0 Å². The Morgan fingerprint density at radius 2 is 2.18 bits per heavy atom. The minimum absolute atomic E-state index is 0.221. The van der Waals surface area contributed by atoms with Crippen molar-refractivity contribution in [3.05, 3.63) is 30.1 Å². The van der Waals surface area contributed by atoms with E-state index in [2.05, 4.69) is 20.2 Å². The molecule has 0 unspecified atom stereocenters. The molecule has 0 spiro atoms. The minimum Gasteiger partial charge on any atom is -0.382 e. The van der Waals surface area contributed by atoms with Gasteiger partial charge in [0.2, 0.25) is 10.0 Å². The van der Waals surface area contributed by atoms with Gasteiger partial charge in [-0.3, -0.25) is 0 Å². The number of benzene rings is 1. The van der Waals surface area contributed by atoms with Gasteiger partial charge in [0.05, 0.1) is 10.6 Å². The monoisotopic (exact) mass is 325 g/mol. The molecule has 1 N–H and O–H groups in total. The molecule has 0 aliphatic heterocycles. The van der Waals surface area contributed by atoms with Crippen molar-refractivity contribution in [2.75, 3.05) is 19.8 Å². The first kappa shape index (κ1) is 16.5. The van der Waals surface area contributed by atoms with Crippen molar-refractivity contribution in [1.29, 1.82) is 0 Å². The number of sulfonamides is 1. The molecule has 0 saturated heterocycles. The Balaban J connectivity index is 2.07.